The van der Waals surface area contributed by atoms with Crippen molar-refractivity contribution in [1.82, 2.24) is 5.32 Å². The monoisotopic (exact) mass is 670 g/mol. The van der Waals surface area contributed by atoms with E-state index in [2.05, 4.69) is 22.9 Å². The number of aryl methyl sites for hydroxylation is 2. The zero-order chi connectivity index (χ0) is 34.8. The topological polar surface area (TPSA) is 130 Å². The highest BCUT2D eigenvalue weighted by molar-refractivity contribution is 8.00. The Morgan fingerprint density at radius 3 is 2.12 bits per heavy atom. The second-order valence-corrected chi connectivity index (χ2v) is 12.2. The Balaban J connectivity index is 1.37. The number of anilines is 2. The van der Waals surface area contributed by atoms with Crippen LogP contribution in [-0.2, 0) is 16.0 Å². The van der Waals surface area contributed by atoms with E-state index in [1.807, 2.05) is 55.5 Å². The van der Waals surface area contributed by atoms with Gasteiger partial charge in [0.05, 0.1) is 10.5 Å². The molecule has 0 aliphatic carbocycles. The van der Waals surface area contributed by atoms with Crippen LogP contribution in [0.2, 0.25) is 0 Å². The lowest BCUT2D eigenvalue weighted by atomic mass is 10.1. The first kappa shape index (κ1) is 34.3. The quantitative estimate of drug-likeness (QED) is 0.0529. The predicted octanol–water partition coefficient (Wildman–Crippen LogP) is 8.35. The normalized spacial score (nSPS) is 11.7. The second kappa shape index (κ2) is 16.2. The molecule has 0 aromatic heterocycles. The Morgan fingerprint density at radius 2 is 1.45 bits per heavy atom. The van der Waals surface area contributed by atoms with Crippen molar-refractivity contribution in [1.29, 1.82) is 0 Å². The van der Waals surface area contributed by atoms with Gasteiger partial charge in [-0.05, 0) is 78.6 Å². The van der Waals surface area contributed by atoms with Gasteiger partial charge in [0, 0.05) is 27.9 Å². The number of rotatable bonds is 12. The second-order valence-electron chi connectivity index (χ2n) is 11.0. The number of nitrogens with one attached hydrogen (secondary N) is 3. The molecular weight excluding hydrogens is 637 g/mol. The highest BCUT2D eigenvalue weighted by atomic mass is 32.2. The van der Waals surface area contributed by atoms with Crippen LogP contribution in [0.15, 0.2) is 138 Å². The van der Waals surface area contributed by atoms with E-state index < -0.39 is 22.0 Å². The molecule has 10 heteroatoms. The minimum absolute atomic E-state index is 0.153. The van der Waals surface area contributed by atoms with Gasteiger partial charge in [-0.15, -0.1) is 11.8 Å². The molecular formula is C39H34N4O5S. The van der Waals surface area contributed by atoms with Gasteiger partial charge in [0.15, 0.2) is 0 Å². The third-order valence-electron chi connectivity index (χ3n) is 7.66. The largest absolute Gasteiger partial charge is 0.324 e. The number of nitro benzene ring substituents is 1. The maximum absolute atomic E-state index is 13.8. The molecule has 0 fully saturated rings. The van der Waals surface area contributed by atoms with Crippen LogP contribution in [0.3, 0.4) is 0 Å². The molecule has 0 saturated heterocycles. The van der Waals surface area contributed by atoms with E-state index in [0.29, 0.717) is 11.3 Å². The van der Waals surface area contributed by atoms with Crippen LogP contribution in [-0.4, -0.2) is 22.6 Å². The van der Waals surface area contributed by atoms with Gasteiger partial charge >= 0.3 is 0 Å². The van der Waals surface area contributed by atoms with E-state index in [1.165, 1.54) is 36.0 Å². The Labute approximate surface area is 288 Å². The Morgan fingerprint density at radius 1 is 0.796 bits per heavy atom. The molecule has 246 valence electrons. The lowest BCUT2D eigenvalue weighted by molar-refractivity contribution is -0.385. The van der Waals surface area contributed by atoms with Crippen molar-refractivity contribution < 1.29 is 19.3 Å². The van der Waals surface area contributed by atoms with Gasteiger partial charge in [-0.3, -0.25) is 24.5 Å². The number of para-hydroxylation sites is 2. The first-order valence-electron chi connectivity index (χ1n) is 15.6. The fraction of sp³-hybridized carbons (Fsp3) is 0.103. The highest BCUT2D eigenvalue weighted by Crippen LogP contribution is 2.37. The summed E-state index contributed by atoms with van der Waals surface area (Å²) < 4.78 is 0. The van der Waals surface area contributed by atoms with Crippen molar-refractivity contribution in [3.8, 4) is 0 Å². The zero-order valence-electron chi connectivity index (χ0n) is 26.9. The van der Waals surface area contributed by atoms with Crippen LogP contribution >= 0.6 is 11.8 Å². The molecule has 9 nitrogen and oxygen atoms in total. The van der Waals surface area contributed by atoms with Crippen LogP contribution in [0, 0.1) is 17.0 Å². The molecule has 0 spiro atoms. The average molecular weight is 671 g/mol. The number of nitro groups is 1. The van der Waals surface area contributed by atoms with Gasteiger partial charge in [0.2, 0.25) is 5.91 Å². The molecule has 0 aliphatic heterocycles. The number of carbonyl (C=O) groups is 3. The number of thioether (sulfide) groups is 1. The van der Waals surface area contributed by atoms with Gasteiger partial charge in [-0.1, -0.05) is 85.8 Å². The molecule has 1 atom stereocenters. The molecule has 0 aliphatic rings. The summed E-state index contributed by atoms with van der Waals surface area (Å²) >= 11 is 1.38. The van der Waals surface area contributed by atoms with E-state index in [4.69, 9.17) is 0 Å². The van der Waals surface area contributed by atoms with Crippen molar-refractivity contribution in [3.05, 3.63) is 171 Å². The van der Waals surface area contributed by atoms with E-state index in [9.17, 15) is 24.5 Å². The molecule has 0 radical (unpaired) electrons. The first-order chi connectivity index (χ1) is 23.7. The third-order valence-corrected chi connectivity index (χ3v) is 8.92. The third kappa shape index (κ3) is 8.88. The maximum atomic E-state index is 13.8. The van der Waals surface area contributed by atoms with Crippen molar-refractivity contribution in [2.45, 2.75) is 30.4 Å². The molecule has 0 bridgehead atoms. The zero-order valence-corrected chi connectivity index (χ0v) is 27.7. The number of carbonyl (C=O) groups excluding carboxylic acids is 3. The van der Waals surface area contributed by atoms with E-state index >= 15 is 0 Å². The first-order valence-corrected chi connectivity index (χ1v) is 16.5. The Hall–Kier alpha value is -6.00. The van der Waals surface area contributed by atoms with Crippen molar-refractivity contribution in [2.24, 2.45) is 0 Å². The van der Waals surface area contributed by atoms with Crippen LogP contribution < -0.4 is 16.0 Å². The number of hydrogen-bond donors (Lipinski definition) is 3. The van der Waals surface area contributed by atoms with Crippen LogP contribution in [0.1, 0.15) is 44.8 Å². The minimum atomic E-state index is -0.672. The summed E-state index contributed by atoms with van der Waals surface area (Å²) in [5, 5.41) is 19.6. The SMILES string of the molecule is CCc1cccc(C)c1NC(=O)C(Sc1ccc(NC(=O)/C(=C/c2ccccc2[N+](=O)[O-])NC(=O)c2ccccc2)cc1)c1ccccc1. The fourth-order valence-corrected chi connectivity index (χ4v) is 6.14. The van der Waals surface area contributed by atoms with Gasteiger partial charge in [-0.25, -0.2) is 0 Å². The minimum Gasteiger partial charge on any atom is -0.324 e. The summed E-state index contributed by atoms with van der Waals surface area (Å²) in [6.07, 6.45) is 2.06. The number of amides is 3. The van der Waals surface area contributed by atoms with Crippen LogP contribution in [0.4, 0.5) is 17.1 Å². The molecule has 3 amide bonds. The summed E-state index contributed by atoms with van der Waals surface area (Å²) in [6, 6.07) is 36.7. The maximum Gasteiger partial charge on any atom is 0.276 e. The lowest BCUT2D eigenvalue weighted by Gasteiger charge is -2.20. The lowest BCUT2D eigenvalue weighted by Crippen LogP contribution is -2.30. The predicted molar refractivity (Wildman–Crippen MR) is 194 cm³/mol. The molecule has 0 saturated carbocycles. The number of nitrogens with zero attached hydrogens (tertiary/aromatic N) is 1. The summed E-state index contributed by atoms with van der Waals surface area (Å²) in [7, 11) is 0. The van der Waals surface area contributed by atoms with Gasteiger partial charge in [0.25, 0.3) is 17.5 Å². The smallest absolute Gasteiger partial charge is 0.276 e. The molecule has 49 heavy (non-hydrogen) atoms. The molecule has 1 unspecified atom stereocenters. The fourth-order valence-electron chi connectivity index (χ4n) is 5.12. The van der Waals surface area contributed by atoms with Crippen molar-refractivity contribution in [3.63, 3.8) is 0 Å². The molecule has 5 aromatic rings. The van der Waals surface area contributed by atoms with Crippen molar-refractivity contribution >= 4 is 52.6 Å². The molecule has 5 rings (SSSR count). The number of hydrogen-bond acceptors (Lipinski definition) is 6. The van der Waals surface area contributed by atoms with Gasteiger partial charge in [0.1, 0.15) is 10.9 Å². The standard InChI is InChI=1S/C39H34N4O5S/c1-3-27-19-12-13-26(2)35(27)42-39(46)36(28-14-6-4-7-15-28)49-32-23-21-31(22-24-32)40-38(45)33(41-37(44)29-16-8-5-9-17-29)25-30-18-10-11-20-34(30)43(47)48/h4-25,36H,3H2,1-2H3,(H,40,45)(H,41,44)(H,42,46)/b33-25-. The average Bonchev–Trinajstić information content (AvgIpc) is 3.12. The summed E-state index contributed by atoms with van der Waals surface area (Å²) in [5.41, 5.74) is 4.20. The van der Waals surface area contributed by atoms with Gasteiger partial charge < -0.3 is 16.0 Å². The summed E-state index contributed by atoms with van der Waals surface area (Å²) in [6.45, 7) is 4.02. The summed E-state index contributed by atoms with van der Waals surface area (Å²) in [4.78, 5) is 52.2. The van der Waals surface area contributed by atoms with Crippen molar-refractivity contribution in [2.75, 3.05) is 10.6 Å². The molecule has 0 heterocycles. The Kier molecular flexibility index (Phi) is 11.4. The number of benzene rings is 5. The Bertz CT molecular complexity index is 2000. The molecule has 3 N–H and O–H groups in total. The van der Waals surface area contributed by atoms with E-state index in [0.717, 1.165) is 33.7 Å². The summed E-state index contributed by atoms with van der Waals surface area (Å²) in [5.74, 6) is -1.37. The van der Waals surface area contributed by atoms with E-state index in [-0.39, 0.29) is 22.9 Å². The van der Waals surface area contributed by atoms with Gasteiger partial charge in [-0.2, -0.15) is 0 Å². The van der Waals surface area contributed by atoms with Crippen LogP contribution in [0.5, 0.6) is 0 Å². The highest BCUT2D eigenvalue weighted by Gasteiger charge is 2.24. The molecule has 5 aromatic carbocycles. The van der Waals surface area contributed by atoms with E-state index in [1.54, 1.807) is 60.7 Å². The van der Waals surface area contributed by atoms with Crippen LogP contribution in [0.25, 0.3) is 6.08 Å².